The van der Waals surface area contributed by atoms with Gasteiger partial charge in [-0.15, -0.1) is 11.3 Å². The first-order valence-corrected chi connectivity index (χ1v) is 6.88. The van der Waals surface area contributed by atoms with Crippen LogP contribution in [-0.2, 0) is 11.2 Å². The number of carboxylic acid groups (broad SMARTS) is 1. The molecular weight excluding hydrogens is 294 g/mol. The number of aryl methyl sites for hydroxylation is 2. The summed E-state index contributed by atoms with van der Waals surface area (Å²) < 4.78 is 0. The number of H-pyrrole nitrogens is 1. The minimum atomic E-state index is -1.03. The van der Waals surface area contributed by atoms with Gasteiger partial charge in [0, 0.05) is 17.0 Å². The number of hydrogen-bond acceptors (Lipinski definition) is 5. The molecule has 0 aliphatic carbocycles. The maximum atomic E-state index is 12.0. The van der Waals surface area contributed by atoms with E-state index in [0.717, 1.165) is 11.3 Å². The van der Waals surface area contributed by atoms with E-state index in [4.69, 9.17) is 5.11 Å². The number of anilines is 1. The van der Waals surface area contributed by atoms with Crippen LogP contribution in [0.15, 0.2) is 16.9 Å². The van der Waals surface area contributed by atoms with Crippen molar-refractivity contribution >= 4 is 28.2 Å². The summed E-state index contributed by atoms with van der Waals surface area (Å²) in [7, 11) is 0. The molecule has 0 fully saturated rings. The van der Waals surface area contributed by atoms with E-state index in [9.17, 15) is 14.4 Å². The molecule has 2 aromatic heterocycles. The van der Waals surface area contributed by atoms with Crippen LogP contribution in [0.4, 0.5) is 5.00 Å². The largest absolute Gasteiger partial charge is 0.477 e. The van der Waals surface area contributed by atoms with Gasteiger partial charge in [-0.3, -0.25) is 4.79 Å². The number of carbonyl (C=O) groups excluding carboxylic acids is 1. The first-order chi connectivity index (χ1) is 9.86. The second kappa shape index (κ2) is 5.88. The highest BCUT2D eigenvalue weighted by molar-refractivity contribution is 7.18. The molecule has 0 aliphatic rings. The molecule has 8 heteroatoms. The van der Waals surface area contributed by atoms with Crippen LogP contribution < -0.4 is 11.0 Å². The van der Waals surface area contributed by atoms with E-state index in [-0.39, 0.29) is 17.2 Å². The summed E-state index contributed by atoms with van der Waals surface area (Å²) >= 11 is 0.986. The van der Waals surface area contributed by atoms with E-state index in [0.29, 0.717) is 22.0 Å². The van der Waals surface area contributed by atoms with Gasteiger partial charge in [0.05, 0.1) is 11.4 Å². The van der Waals surface area contributed by atoms with E-state index < -0.39 is 11.7 Å². The third-order valence-electron chi connectivity index (χ3n) is 2.87. The maximum Gasteiger partial charge on any atom is 0.345 e. The highest BCUT2D eigenvalue weighted by Gasteiger charge is 2.13. The van der Waals surface area contributed by atoms with Crippen LogP contribution in [-0.4, -0.2) is 27.0 Å². The van der Waals surface area contributed by atoms with Crippen LogP contribution in [0.25, 0.3) is 0 Å². The van der Waals surface area contributed by atoms with E-state index in [2.05, 4.69) is 15.3 Å². The third-order valence-corrected chi connectivity index (χ3v) is 3.86. The van der Waals surface area contributed by atoms with Crippen molar-refractivity contribution in [3.63, 3.8) is 0 Å². The zero-order valence-electron chi connectivity index (χ0n) is 11.4. The normalized spacial score (nSPS) is 10.4. The molecule has 2 rings (SSSR count). The molecule has 0 aromatic carbocycles. The SMILES string of the molecule is Cc1nc(=O)[nH]c(C)c1CC(=O)Nc1ccc(C(=O)O)s1. The lowest BCUT2D eigenvalue weighted by molar-refractivity contribution is -0.115. The lowest BCUT2D eigenvalue weighted by Crippen LogP contribution is -2.20. The lowest BCUT2D eigenvalue weighted by atomic mass is 10.1. The Morgan fingerprint density at radius 2 is 2.10 bits per heavy atom. The minimum Gasteiger partial charge on any atom is -0.477 e. The standard InChI is InChI=1S/C13H13N3O4S/c1-6-8(7(2)15-13(20)14-6)5-10(17)16-11-4-3-9(21-11)12(18)19/h3-4H,5H2,1-2H3,(H,16,17)(H,18,19)(H,14,15,20). The Kier molecular flexibility index (Phi) is 4.18. The van der Waals surface area contributed by atoms with E-state index in [1.165, 1.54) is 12.1 Å². The Morgan fingerprint density at radius 1 is 1.38 bits per heavy atom. The molecule has 110 valence electrons. The fraction of sp³-hybridized carbons (Fsp3) is 0.231. The van der Waals surface area contributed by atoms with Crippen molar-refractivity contribution < 1.29 is 14.7 Å². The molecule has 0 radical (unpaired) electrons. The molecule has 1 amide bonds. The Balaban J connectivity index is 2.11. The van der Waals surface area contributed by atoms with Gasteiger partial charge in [-0.25, -0.2) is 9.59 Å². The van der Waals surface area contributed by atoms with Gasteiger partial charge in [-0.2, -0.15) is 4.98 Å². The number of carboxylic acids is 1. The predicted octanol–water partition coefficient (Wildman–Crippen LogP) is 1.33. The zero-order valence-corrected chi connectivity index (χ0v) is 12.2. The second-order valence-corrected chi connectivity index (χ2v) is 5.51. The van der Waals surface area contributed by atoms with Crippen molar-refractivity contribution in [2.24, 2.45) is 0 Å². The van der Waals surface area contributed by atoms with Gasteiger partial charge >= 0.3 is 11.7 Å². The first kappa shape index (κ1) is 14.9. The number of carbonyl (C=O) groups is 2. The molecule has 0 unspecified atom stereocenters. The van der Waals surface area contributed by atoms with Crippen molar-refractivity contribution in [2.45, 2.75) is 20.3 Å². The molecule has 3 N–H and O–H groups in total. The van der Waals surface area contributed by atoms with Gasteiger partial charge in [0.15, 0.2) is 0 Å². The van der Waals surface area contributed by atoms with Crippen LogP contribution in [0.1, 0.15) is 26.6 Å². The summed E-state index contributed by atoms with van der Waals surface area (Å²) in [6.45, 7) is 3.37. The van der Waals surface area contributed by atoms with Gasteiger partial charge < -0.3 is 15.4 Å². The molecule has 0 spiro atoms. The third kappa shape index (κ3) is 3.54. The summed E-state index contributed by atoms with van der Waals surface area (Å²) in [5, 5.41) is 11.9. The van der Waals surface area contributed by atoms with Gasteiger partial charge in [0.25, 0.3) is 0 Å². The molecule has 0 bridgehead atoms. The number of aromatic carboxylic acids is 1. The number of hydrogen-bond donors (Lipinski definition) is 3. The zero-order chi connectivity index (χ0) is 15.6. The van der Waals surface area contributed by atoms with Crippen molar-refractivity contribution in [1.82, 2.24) is 9.97 Å². The molecule has 0 saturated carbocycles. The molecule has 2 aromatic rings. The monoisotopic (exact) mass is 307 g/mol. The highest BCUT2D eigenvalue weighted by atomic mass is 32.1. The summed E-state index contributed by atoms with van der Waals surface area (Å²) in [6, 6.07) is 2.97. The van der Waals surface area contributed by atoms with Crippen molar-refractivity contribution in [2.75, 3.05) is 5.32 Å². The van der Waals surface area contributed by atoms with Crippen molar-refractivity contribution in [1.29, 1.82) is 0 Å². The number of aromatic nitrogens is 2. The van der Waals surface area contributed by atoms with Gasteiger partial charge in [0.1, 0.15) is 4.88 Å². The number of thiophene rings is 1. The summed E-state index contributed by atoms with van der Waals surface area (Å²) in [6.07, 6.45) is 0.0573. The van der Waals surface area contributed by atoms with Crippen molar-refractivity contribution in [3.05, 3.63) is 44.4 Å². The number of nitrogens with zero attached hydrogens (tertiary/aromatic N) is 1. The second-order valence-electron chi connectivity index (χ2n) is 4.42. The molecule has 0 aliphatic heterocycles. The van der Waals surface area contributed by atoms with E-state index in [1.807, 2.05) is 0 Å². The lowest BCUT2D eigenvalue weighted by Gasteiger charge is -2.08. The van der Waals surface area contributed by atoms with E-state index >= 15 is 0 Å². The van der Waals surface area contributed by atoms with Crippen LogP contribution >= 0.6 is 11.3 Å². The Hall–Kier alpha value is -2.48. The van der Waals surface area contributed by atoms with Crippen LogP contribution in [0.3, 0.4) is 0 Å². The number of nitrogens with one attached hydrogen (secondary N) is 2. The van der Waals surface area contributed by atoms with Crippen LogP contribution in [0, 0.1) is 13.8 Å². The van der Waals surface area contributed by atoms with Gasteiger partial charge in [-0.1, -0.05) is 0 Å². The predicted molar refractivity (Wildman–Crippen MR) is 77.9 cm³/mol. The van der Waals surface area contributed by atoms with Crippen LogP contribution in [0.5, 0.6) is 0 Å². The van der Waals surface area contributed by atoms with E-state index in [1.54, 1.807) is 13.8 Å². The number of rotatable bonds is 4. The molecule has 2 heterocycles. The Labute approximate surface area is 123 Å². The fourth-order valence-electron chi connectivity index (χ4n) is 1.88. The van der Waals surface area contributed by atoms with Gasteiger partial charge in [0.2, 0.25) is 5.91 Å². The molecular formula is C13H13N3O4S. The molecule has 0 atom stereocenters. The van der Waals surface area contributed by atoms with Crippen LogP contribution in [0.2, 0.25) is 0 Å². The highest BCUT2D eigenvalue weighted by Crippen LogP contribution is 2.22. The summed E-state index contributed by atoms with van der Waals surface area (Å²) in [5.74, 6) is -1.33. The minimum absolute atomic E-state index is 0.0573. The topological polar surface area (TPSA) is 112 Å². The van der Waals surface area contributed by atoms with Crippen molar-refractivity contribution in [3.8, 4) is 0 Å². The quantitative estimate of drug-likeness (QED) is 0.788. The summed E-state index contributed by atoms with van der Waals surface area (Å²) in [4.78, 5) is 40.4. The Morgan fingerprint density at radius 3 is 2.67 bits per heavy atom. The number of amides is 1. The fourth-order valence-corrected chi connectivity index (χ4v) is 2.64. The summed E-state index contributed by atoms with van der Waals surface area (Å²) in [5.41, 5.74) is 1.31. The average molecular weight is 307 g/mol. The Bertz CT molecular complexity index is 737. The van der Waals surface area contributed by atoms with Gasteiger partial charge in [-0.05, 0) is 26.0 Å². The number of aromatic amines is 1. The molecule has 0 saturated heterocycles. The molecule has 21 heavy (non-hydrogen) atoms. The maximum absolute atomic E-state index is 12.0. The molecule has 7 nitrogen and oxygen atoms in total. The average Bonchev–Trinajstić information content (AvgIpc) is 2.82. The first-order valence-electron chi connectivity index (χ1n) is 6.06. The smallest absolute Gasteiger partial charge is 0.345 e.